The molecule has 0 radical (unpaired) electrons. The van der Waals surface area contributed by atoms with Crippen LogP contribution in [0.15, 0.2) is 59.6 Å². The molecule has 7 nitrogen and oxygen atoms in total. The summed E-state index contributed by atoms with van der Waals surface area (Å²) in [4.78, 5) is 0.247. The summed E-state index contributed by atoms with van der Waals surface area (Å²) in [6.07, 6.45) is 3.33. The van der Waals surface area contributed by atoms with Gasteiger partial charge in [-0.05, 0) is 30.5 Å². The van der Waals surface area contributed by atoms with Crippen LogP contribution >= 0.6 is 0 Å². The minimum absolute atomic E-state index is 0.245. The van der Waals surface area contributed by atoms with Gasteiger partial charge >= 0.3 is 0 Å². The van der Waals surface area contributed by atoms with Crippen molar-refractivity contribution in [1.82, 2.24) is 14.5 Å². The summed E-state index contributed by atoms with van der Waals surface area (Å²) in [7, 11) is -3.58. The molecule has 5 rings (SSSR count). The van der Waals surface area contributed by atoms with Crippen molar-refractivity contribution in [3.63, 3.8) is 0 Å². The van der Waals surface area contributed by atoms with Crippen molar-refractivity contribution >= 4 is 10.0 Å². The fraction of sp³-hybridized carbons (Fsp3) is 0.318. The van der Waals surface area contributed by atoms with Gasteiger partial charge in [0.2, 0.25) is 10.0 Å². The average molecular weight is 426 g/mol. The Bertz CT molecular complexity index is 1140. The van der Waals surface area contributed by atoms with Gasteiger partial charge in [-0.15, -0.1) is 0 Å². The number of hydrogen-bond donors (Lipinski definition) is 1. The number of piperidine rings is 1. The van der Waals surface area contributed by atoms with E-state index in [2.05, 4.69) is 22.3 Å². The zero-order chi connectivity index (χ0) is 20.6. The number of aromatic nitrogens is 2. The van der Waals surface area contributed by atoms with Crippen LogP contribution in [-0.4, -0.2) is 49.2 Å². The smallest absolute Gasteiger partial charge is 0.243 e. The number of sulfonamides is 1. The highest BCUT2D eigenvalue weighted by molar-refractivity contribution is 7.89. The SMILES string of the molecule is O=S(=O)(c1ccc2c(c1)OCCO2)N1CCC(c2[nH]ncc2-c2ccccc2)CC1. The molecule has 0 saturated carbocycles. The van der Waals surface area contributed by atoms with Gasteiger partial charge in [-0.2, -0.15) is 9.40 Å². The van der Waals surface area contributed by atoms with E-state index in [4.69, 9.17) is 9.47 Å². The first kappa shape index (κ1) is 19.1. The standard InChI is InChI=1S/C22H23N3O4S/c26-30(27,18-6-7-20-21(14-18)29-13-12-28-20)25-10-8-17(9-11-25)22-19(15-23-24-22)16-4-2-1-3-5-16/h1-7,14-15,17H,8-13H2,(H,23,24). The molecule has 1 fully saturated rings. The Labute approximate surface area is 175 Å². The number of nitrogens with one attached hydrogen (secondary N) is 1. The summed E-state index contributed by atoms with van der Waals surface area (Å²) in [5, 5.41) is 7.39. The fourth-order valence-electron chi connectivity index (χ4n) is 4.17. The van der Waals surface area contributed by atoms with E-state index in [0.29, 0.717) is 37.8 Å². The number of fused-ring (bicyclic) bond motifs is 1. The number of ether oxygens (including phenoxy) is 2. The molecule has 1 saturated heterocycles. The van der Waals surface area contributed by atoms with Crippen LogP contribution in [0.3, 0.4) is 0 Å². The second kappa shape index (κ2) is 7.77. The molecule has 0 spiro atoms. The van der Waals surface area contributed by atoms with Crippen LogP contribution in [0.4, 0.5) is 0 Å². The van der Waals surface area contributed by atoms with Crippen molar-refractivity contribution in [1.29, 1.82) is 0 Å². The van der Waals surface area contributed by atoms with Crippen LogP contribution in [0.2, 0.25) is 0 Å². The molecule has 0 bridgehead atoms. The van der Waals surface area contributed by atoms with Crippen LogP contribution < -0.4 is 9.47 Å². The quantitative estimate of drug-likeness (QED) is 0.692. The monoisotopic (exact) mass is 425 g/mol. The van der Waals surface area contributed by atoms with Gasteiger partial charge in [-0.1, -0.05) is 30.3 Å². The predicted octanol–water partition coefficient (Wildman–Crippen LogP) is 3.42. The van der Waals surface area contributed by atoms with E-state index < -0.39 is 10.0 Å². The Balaban J connectivity index is 1.32. The van der Waals surface area contributed by atoms with E-state index in [1.807, 2.05) is 24.4 Å². The number of aromatic amines is 1. The van der Waals surface area contributed by atoms with Gasteiger partial charge in [0.1, 0.15) is 13.2 Å². The summed E-state index contributed by atoms with van der Waals surface area (Å²) < 4.78 is 38.9. The summed E-state index contributed by atoms with van der Waals surface area (Å²) in [6.45, 7) is 1.84. The highest BCUT2D eigenvalue weighted by atomic mass is 32.2. The fourth-order valence-corrected chi connectivity index (χ4v) is 5.66. The molecule has 1 aromatic heterocycles. The van der Waals surface area contributed by atoms with Crippen molar-refractivity contribution in [3.8, 4) is 22.6 Å². The molecule has 8 heteroatoms. The van der Waals surface area contributed by atoms with E-state index >= 15 is 0 Å². The van der Waals surface area contributed by atoms with Crippen molar-refractivity contribution in [2.45, 2.75) is 23.7 Å². The lowest BCUT2D eigenvalue weighted by atomic mass is 9.90. The second-order valence-corrected chi connectivity index (χ2v) is 9.49. The number of benzene rings is 2. The lowest BCUT2D eigenvalue weighted by Gasteiger charge is -2.31. The Morgan fingerprint density at radius 3 is 2.47 bits per heavy atom. The van der Waals surface area contributed by atoms with Crippen molar-refractivity contribution in [2.75, 3.05) is 26.3 Å². The number of nitrogens with zero attached hydrogens (tertiary/aromatic N) is 2. The van der Waals surface area contributed by atoms with Gasteiger partial charge in [0.25, 0.3) is 0 Å². The van der Waals surface area contributed by atoms with Crippen LogP contribution in [0.1, 0.15) is 24.5 Å². The largest absolute Gasteiger partial charge is 0.486 e. The predicted molar refractivity (Wildman–Crippen MR) is 112 cm³/mol. The Hall–Kier alpha value is -2.84. The number of H-pyrrole nitrogens is 1. The van der Waals surface area contributed by atoms with Crippen molar-refractivity contribution in [2.24, 2.45) is 0 Å². The Morgan fingerprint density at radius 1 is 0.967 bits per heavy atom. The molecule has 2 aliphatic rings. The zero-order valence-electron chi connectivity index (χ0n) is 16.5. The minimum atomic E-state index is -3.58. The maximum Gasteiger partial charge on any atom is 0.243 e. The second-order valence-electron chi connectivity index (χ2n) is 7.55. The first-order valence-corrected chi connectivity index (χ1v) is 11.6. The summed E-state index contributed by atoms with van der Waals surface area (Å²) in [5.74, 6) is 1.32. The molecular weight excluding hydrogens is 402 g/mol. The highest BCUT2D eigenvalue weighted by Crippen LogP contribution is 2.37. The van der Waals surface area contributed by atoms with Crippen LogP contribution in [0, 0.1) is 0 Å². The lowest BCUT2D eigenvalue weighted by Crippen LogP contribution is -2.38. The van der Waals surface area contributed by atoms with E-state index in [-0.39, 0.29) is 10.8 Å². The molecule has 0 atom stereocenters. The molecule has 0 unspecified atom stereocenters. The van der Waals surface area contributed by atoms with E-state index in [0.717, 1.165) is 29.7 Å². The first-order chi connectivity index (χ1) is 14.6. The molecule has 30 heavy (non-hydrogen) atoms. The summed E-state index contributed by atoms with van der Waals surface area (Å²) in [6, 6.07) is 15.0. The Morgan fingerprint density at radius 2 is 1.70 bits per heavy atom. The first-order valence-electron chi connectivity index (χ1n) is 10.1. The lowest BCUT2D eigenvalue weighted by molar-refractivity contribution is 0.171. The Kier molecular flexibility index (Phi) is 4.96. The summed E-state index contributed by atoms with van der Waals surface area (Å²) in [5.41, 5.74) is 3.29. The summed E-state index contributed by atoms with van der Waals surface area (Å²) >= 11 is 0. The molecule has 0 amide bonds. The normalized spacial score (nSPS) is 17.7. The van der Waals surface area contributed by atoms with Gasteiger partial charge in [0.05, 0.1) is 11.1 Å². The van der Waals surface area contributed by atoms with Gasteiger partial charge < -0.3 is 9.47 Å². The zero-order valence-corrected chi connectivity index (χ0v) is 17.3. The van der Waals surface area contributed by atoms with Crippen LogP contribution in [0.5, 0.6) is 11.5 Å². The third-order valence-electron chi connectivity index (χ3n) is 5.77. The molecular formula is C22H23N3O4S. The minimum Gasteiger partial charge on any atom is -0.486 e. The average Bonchev–Trinajstić information content (AvgIpc) is 3.29. The number of rotatable bonds is 4. The van der Waals surface area contributed by atoms with Gasteiger partial charge in [0, 0.05) is 36.3 Å². The third kappa shape index (κ3) is 3.46. The highest BCUT2D eigenvalue weighted by Gasteiger charge is 2.32. The molecule has 2 aliphatic heterocycles. The maximum atomic E-state index is 13.2. The van der Waals surface area contributed by atoms with E-state index in [1.54, 1.807) is 22.5 Å². The topological polar surface area (TPSA) is 84.5 Å². The third-order valence-corrected chi connectivity index (χ3v) is 7.66. The molecule has 2 aromatic carbocycles. The molecule has 3 heterocycles. The molecule has 1 N–H and O–H groups in total. The van der Waals surface area contributed by atoms with Crippen molar-refractivity contribution in [3.05, 3.63) is 60.4 Å². The van der Waals surface area contributed by atoms with Gasteiger partial charge in [0.15, 0.2) is 11.5 Å². The number of hydrogen-bond acceptors (Lipinski definition) is 5. The van der Waals surface area contributed by atoms with Gasteiger partial charge in [-0.3, -0.25) is 5.10 Å². The maximum absolute atomic E-state index is 13.2. The van der Waals surface area contributed by atoms with E-state index in [9.17, 15) is 8.42 Å². The van der Waals surface area contributed by atoms with Crippen LogP contribution in [0.25, 0.3) is 11.1 Å². The molecule has 156 valence electrons. The van der Waals surface area contributed by atoms with Gasteiger partial charge in [-0.25, -0.2) is 8.42 Å². The van der Waals surface area contributed by atoms with Crippen LogP contribution in [-0.2, 0) is 10.0 Å². The van der Waals surface area contributed by atoms with E-state index in [1.165, 1.54) is 0 Å². The van der Waals surface area contributed by atoms with Crippen molar-refractivity contribution < 1.29 is 17.9 Å². The molecule has 3 aromatic rings. The molecule has 0 aliphatic carbocycles.